The Morgan fingerprint density at radius 1 is 0.507 bits per heavy atom. The maximum atomic E-state index is 13.2. The summed E-state index contributed by atoms with van der Waals surface area (Å²) in [6.07, 6.45) is 38.0. The summed E-state index contributed by atoms with van der Waals surface area (Å²) in [6.45, 7) is 2.68. The van der Waals surface area contributed by atoms with Crippen LogP contribution < -0.4 is 5.32 Å². The first-order valence-corrected chi connectivity index (χ1v) is 27.7. The summed E-state index contributed by atoms with van der Waals surface area (Å²) in [5.74, 6) is -0.262. The third kappa shape index (κ3) is 29.2. The minimum absolute atomic E-state index is 0.262. The highest BCUT2D eigenvalue weighted by atomic mass is 16.7. The molecular weight excluding hydrogens is 907 g/mol. The first kappa shape index (κ1) is 64.5. The predicted octanol–water partition coefficient (Wildman–Crippen LogP) is 8.38. The van der Waals surface area contributed by atoms with Crippen molar-refractivity contribution in [1.29, 1.82) is 0 Å². The zero-order chi connectivity index (χ0) is 51.7. The first-order valence-electron chi connectivity index (χ1n) is 27.7. The number of allylic oxidation sites excluding steroid dienone is 11. The molecule has 14 heteroatoms. The highest BCUT2D eigenvalue weighted by Gasteiger charge is 2.51. The van der Waals surface area contributed by atoms with E-state index in [9.17, 15) is 45.6 Å². The molecule has 2 heterocycles. The van der Waals surface area contributed by atoms with Crippen molar-refractivity contribution in [1.82, 2.24) is 5.32 Å². The lowest BCUT2D eigenvalue weighted by Gasteiger charge is -2.46. The van der Waals surface area contributed by atoms with Gasteiger partial charge in [-0.05, 0) is 77.0 Å². The standard InChI is InChI=1S/C57H99NO13/c1-3-5-7-9-11-13-15-17-18-19-20-21-22-23-24-25-26-27-28-29-31-33-35-37-39-41-49(62)58-45(46(61)40-38-36-34-32-30-16-14-12-10-8-6-4-2)44-68-56-54(67)52(65)55(48(43-60)70-56)71-57-53(66)51(64)50(63)47(42-59)69-57/h10,12,15,17,19-20,22-23,30,32,38,40,45-48,50-57,59-61,63-67H,3-9,11,13-14,16,18,21,24-29,31,33-37,39,41-44H2,1-2H3,(H,58,62)/b12-10+,17-15-,20-19-,23-22-,32-30+,40-38+. The average molecular weight is 1010 g/mol. The molecule has 2 aliphatic rings. The molecule has 0 spiro atoms. The van der Waals surface area contributed by atoms with Gasteiger partial charge in [0.05, 0.1) is 32.0 Å². The SMILES string of the molecule is CCCC/C=C/CC/C=C/CC/C=C/C(O)C(COC1OC(CO)C(OC2OC(CO)C(O)C(O)C2O)C(O)C1O)NC(=O)CCCCCCCCCCCC/C=C\C/C=C\C/C=C\CCCCCCC. The van der Waals surface area contributed by atoms with Gasteiger partial charge >= 0.3 is 0 Å². The lowest BCUT2D eigenvalue weighted by Crippen LogP contribution is -2.65. The molecule has 410 valence electrons. The second-order valence-electron chi connectivity index (χ2n) is 19.3. The number of unbranched alkanes of at least 4 members (excludes halogenated alkanes) is 19. The molecule has 0 aromatic rings. The summed E-state index contributed by atoms with van der Waals surface area (Å²) in [6, 6.07) is -0.942. The van der Waals surface area contributed by atoms with Crippen molar-refractivity contribution in [3.63, 3.8) is 0 Å². The van der Waals surface area contributed by atoms with Gasteiger partial charge in [-0.3, -0.25) is 4.79 Å². The topological polar surface area (TPSA) is 228 Å². The van der Waals surface area contributed by atoms with Gasteiger partial charge in [0.15, 0.2) is 12.6 Å². The number of carbonyl (C=O) groups is 1. The van der Waals surface area contributed by atoms with E-state index < -0.39 is 86.8 Å². The molecule has 0 aromatic heterocycles. The number of ether oxygens (including phenoxy) is 4. The predicted molar refractivity (Wildman–Crippen MR) is 281 cm³/mol. The van der Waals surface area contributed by atoms with Crippen molar-refractivity contribution in [2.24, 2.45) is 0 Å². The van der Waals surface area contributed by atoms with Gasteiger partial charge in [0, 0.05) is 6.42 Å². The molecule has 12 atom stereocenters. The summed E-state index contributed by atoms with van der Waals surface area (Å²) in [5.41, 5.74) is 0. The molecule has 2 rings (SSSR count). The number of aliphatic hydroxyl groups is 8. The van der Waals surface area contributed by atoms with Gasteiger partial charge in [0.1, 0.15) is 48.8 Å². The molecule has 0 aliphatic carbocycles. The fourth-order valence-electron chi connectivity index (χ4n) is 8.55. The monoisotopic (exact) mass is 1010 g/mol. The van der Waals surface area contributed by atoms with Crippen LogP contribution in [0.15, 0.2) is 72.9 Å². The van der Waals surface area contributed by atoms with Crippen LogP contribution in [0.3, 0.4) is 0 Å². The lowest BCUT2D eigenvalue weighted by atomic mass is 9.97. The molecule has 71 heavy (non-hydrogen) atoms. The largest absolute Gasteiger partial charge is 0.394 e. The third-order valence-corrected chi connectivity index (χ3v) is 13.1. The molecule has 14 nitrogen and oxygen atoms in total. The van der Waals surface area contributed by atoms with Crippen molar-refractivity contribution in [3.8, 4) is 0 Å². The smallest absolute Gasteiger partial charge is 0.220 e. The molecule has 0 aromatic carbocycles. The van der Waals surface area contributed by atoms with Crippen molar-refractivity contribution in [2.75, 3.05) is 19.8 Å². The van der Waals surface area contributed by atoms with E-state index in [4.69, 9.17) is 18.9 Å². The van der Waals surface area contributed by atoms with Gasteiger partial charge in [0.2, 0.25) is 5.91 Å². The summed E-state index contributed by atoms with van der Waals surface area (Å²) >= 11 is 0. The zero-order valence-electron chi connectivity index (χ0n) is 43.7. The Kier molecular flexibility index (Phi) is 38.9. The Hall–Kier alpha value is -2.57. The van der Waals surface area contributed by atoms with E-state index in [0.29, 0.717) is 12.8 Å². The molecule has 2 saturated heterocycles. The van der Waals surface area contributed by atoms with Crippen LogP contribution in [0.25, 0.3) is 0 Å². The molecule has 0 radical (unpaired) electrons. The highest BCUT2D eigenvalue weighted by Crippen LogP contribution is 2.30. The molecule has 9 N–H and O–H groups in total. The molecule has 0 saturated carbocycles. The van der Waals surface area contributed by atoms with E-state index in [1.54, 1.807) is 6.08 Å². The van der Waals surface area contributed by atoms with E-state index in [2.05, 4.69) is 79.9 Å². The van der Waals surface area contributed by atoms with Gasteiger partial charge in [-0.2, -0.15) is 0 Å². The van der Waals surface area contributed by atoms with Crippen molar-refractivity contribution >= 4 is 5.91 Å². The van der Waals surface area contributed by atoms with Crippen LogP contribution >= 0.6 is 0 Å². The quantitative estimate of drug-likeness (QED) is 0.0207. The second kappa shape index (κ2) is 42.8. The van der Waals surface area contributed by atoms with Crippen molar-refractivity contribution in [3.05, 3.63) is 72.9 Å². The van der Waals surface area contributed by atoms with Gasteiger partial charge < -0.3 is 65.1 Å². The fraction of sp³-hybridized carbons (Fsp3) is 0.772. The Morgan fingerprint density at radius 2 is 0.958 bits per heavy atom. The van der Waals surface area contributed by atoms with E-state index >= 15 is 0 Å². The Balaban J connectivity index is 1.76. The number of nitrogens with one attached hydrogen (secondary N) is 1. The minimum atomic E-state index is -1.79. The van der Waals surface area contributed by atoms with Crippen molar-refractivity contribution in [2.45, 2.75) is 261 Å². The van der Waals surface area contributed by atoms with Crippen LogP contribution in [-0.4, -0.2) is 140 Å². The summed E-state index contributed by atoms with van der Waals surface area (Å²) in [7, 11) is 0. The number of amides is 1. The molecule has 12 unspecified atom stereocenters. The number of hydrogen-bond donors (Lipinski definition) is 9. The van der Waals surface area contributed by atoms with Crippen LogP contribution in [0.4, 0.5) is 0 Å². The van der Waals surface area contributed by atoms with E-state index in [1.165, 1.54) is 89.9 Å². The molecule has 2 aliphatic heterocycles. The molecule has 2 fully saturated rings. The van der Waals surface area contributed by atoms with Crippen LogP contribution in [0.2, 0.25) is 0 Å². The number of carbonyl (C=O) groups excluding carboxylic acids is 1. The van der Waals surface area contributed by atoms with Crippen LogP contribution in [0.5, 0.6) is 0 Å². The normalized spacial score (nSPS) is 26.3. The first-order chi connectivity index (χ1) is 34.6. The fourth-order valence-corrected chi connectivity index (χ4v) is 8.55. The Bertz CT molecular complexity index is 1470. The molecule has 0 bridgehead atoms. The van der Waals surface area contributed by atoms with Gasteiger partial charge in [-0.25, -0.2) is 0 Å². The average Bonchev–Trinajstić information content (AvgIpc) is 3.37. The van der Waals surface area contributed by atoms with E-state index in [-0.39, 0.29) is 18.9 Å². The lowest BCUT2D eigenvalue weighted by molar-refractivity contribution is -0.359. The van der Waals surface area contributed by atoms with E-state index in [1.807, 2.05) is 6.08 Å². The third-order valence-electron chi connectivity index (χ3n) is 13.1. The zero-order valence-corrected chi connectivity index (χ0v) is 43.7. The second-order valence-corrected chi connectivity index (χ2v) is 19.3. The molecular formula is C57H99NO13. The number of rotatable bonds is 42. The minimum Gasteiger partial charge on any atom is -0.394 e. The molecule has 1 amide bonds. The van der Waals surface area contributed by atoms with E-state index in [0.717, 1.165) is 64.2 Å². The maximum absolute atomic E-state index is 13.2. The van der Waals surface area contributed by atoms with Gasteiger partial charge in [-0.1, -0.05) is 177 Å². The Morgan fingerprint density at radius 3 is 1.52 bits per heavy atom. The summed E-state index contributed by atoms with van der Waals surface area (Å²) < 4.78 is 22.7. The van der Waals surface area contributed by atoms with Crippen molar-refractivity contribution < 1.29 is 64.6 Å². The van der Waals surface area contributed by atoms with Crippen LogP contribution in [0, 0.1) is 0 Å². The van der Waals surface area contributed by atoms with Crippen LogP contribution in [-0.2, 0) is 23.7 Å². The van der Waals surface area contributed by atoms with Gasteiger partial charge in [-0.15, -0.1) is 0 Å². The maximum Gasteiger partial charge on any atom is 0.220 e. The summed E-state index contributed by atoms with van der Waals surface area (Å²) in [5, 5.41) is 86.8. The van der Waals surface area contributed by atoms with Gasteiger partial charge in [0.25, 0.3) is 0 Å². The highest BCUT2D eigenvalue weighted by molar-refractivity contribution is 5.76. The number of hydrogen-bond acceptors (Lipinski definition) is 13. The number of aliphatic hydroxyl groups excluding tert-OH is 8. The van der Waals surface area contributed by atoms with Crippen LogP contribution in [0.1, 0.15) is 187 Å². The summed E-state index contributed by atoms with van der Waals surface area (Å²) in [4.78, 5) is 13.2. The Labute approximate surface area is 428 Å².